The van der Waals surface area contributed by atoms with Crippen molar-refractivity contribution in [1.29, 1.82) is 0 Å². The molecular weight excluding hydrogens is 325 g/mol. The summed E-state index contributed by atoms with van der Waals surface area (Å²) in [6, 6.07) is 4.68. The highest BCUT2D eigenvalue weighted by Crippen LogP contribution is 2.30. The molecule has 1 unspecified atom stereocenters. The molecule has 0 aliphatic carbocycles. The average molecular weight is 340 g/mol. The zero-order valence-corrected chi connectivity index (χ0v) is 12.7. The van der Waals surface area contributed by atoms with Crippen molar-refractivity contribution in [2.24, 2.45) is 0 Å². The van der Waals surface area contributed by atoms with Crippen LogP contribution in [0.25, 0.3) is 11.4 Å². The molecule has 106 valence electrons. The number of nitrogens with one attached hydrogen (secondary N) is 1. The molecule has 1 aliphatic heterocycles. The average Bonchev–Trinajstić information content (AvgIpc) is 2.93. The van der Waals surface area contributed by atoms with E-state index in [0.717, 1.165) is 24.9 Å². The van der Waals surface area contributed by atoms with Gasteiger partial charge in [-0.15, -0.1) is 0 Å². The monoisotopic (exact) mass is 339 g/mol. The van der Waals surface area contributed by atoms with Gasteiger partial charge in [0.15, 0.2) is 0 Å². The lowest BCUT2D eigenvalue weighted by atomic mass is 9.91. The molecule has 1 aliphatic rings. The Morgan fingerprint density at radius 1 is 1.40 bits per heavy atom. The maximum absolute atomic E-state index is 13.3. The van der Waals surface area contributed by atoms with Crippen LogP contribution in [0.5, 0.6) is 0 Å². The Bertz CT molecular complexity index is 623. The molecule has 1 aromatic heterocycles. The largest absolute Gasteiger partial charge is 0.337 e. The van der Waals surface area contributed by atoms with Gasteiger partial charge in [0.2, 0.25) is 11.7 Å². The zero-order chi connectivity index (χ0) is 14.2. The fourth-order valence-corrected chi connectivity index (χ4v) is 2.82. The number of halogens is 2. The summed E-state index contributed by atoms with van der Waals surface area (Å²) in [6.07, 6.45) is 3.28. The first-order valence-electron chi connectivity index (χ1n) is 6.63. The molecule has 2 heterocycles. The summed E-state index contributed by atoms with van der Waals surface area (Å²) in [5.74, 6) is 0.764. The summed E-state index contributed by atoms with van der Waals surface area (Å²) in [5, 5.41) is 7.44. The molecule has 1 atom stereocenters. The predicted molar refractivity (Wildman–Crippen MR) is 76.6 cm³/mol. The van der Waals surface area contributed by atoms with Crippen LogP contribution >= 0.6 is 15.9 Å². The molecule has 0 radical (unpaired) electrons. The summed E-state index contributed by atoms with van der Waals surface area (Å²) in [5.41, 5.74) is 0.466. The van der Waals surface area contributed by atoms with Crippen LogP contribution in [0, 0.1) is 5.82 Å². The SMILES string of the molecule is CC1(c2nc(-c3ccc(F)c(Br)c3)no2)CCCCN1. The maximum atomic E-state index is 13.3. The van der Waals surface area contributed by atoms with Crippen LogP contribution in [0.4, 0.5) is 4.39 Å². The van der Waals surface area contributed by atoms with E-state index in [2.05, 4.69) is 38.3 Å². The highest BCUT2D eigenvalue weighted by molar-refractivity contribution is 9.10. The molecule has 1 aromatic carbocycles. The number of hydrogen-bond acceptors (Lipinski definition) is 4. The summed E-state index contributed by atoms with van der Waals surface area (Å²) in [7, 11) is 0. The lowest BCUT2D eigenvalue weighted by Gasteiger charge is -2.31. The quantitative estimate of drug-likeness (QED) is 0.907. The molecule has 6 heteroatoms. The highest BCUT2D eigenvalue weighted by Gasteiger charge is 2.34. The van der Waals surface area contributed by atoms with E-state index in [4.69, 9.17) is 4.52 Å². The third-order valence-electron chi connectivity index (χ3n) is 3.69. The van der Waals surface area contributed by atoms with Gasteiger partial charge in [-0.05, 0) is 66.9 Å². The van der Waals surface area contributed by atoms with Gasteiger partial charge in [-0.3, -0.25) is 0 Å². The van der Waals surface area contributed by atoms with E-state index in [-0.39, 0.29) is 11.4 Å². The van der Waals surface area contributed by atoms with Crippen LogP contribution in [0.1, 0.15) is 32.1 Å². The number of rotatable bonds is 2. The Morgan fingerprint density at radius 2 is 2.25 bits per heavy atom. The van der Waals surface area contributed by atoms with Gasteiger partial charge in [0.1, 0.15) is 5.82 Å². The van der Waals surface area contributed by atoms with E-state index in [1.54, 1.807) is 12.1 Å². The van der Waals surface area contributed by atoms with Crippen molar-refractivity contribution < 1.29 is 8.91 Å². The minimum Gasteiger partial charge on any atom is -0.337 e. The van der Waals surface area contributed by atoms with Crippen molar-refractivity contribution in [2.45, 2.75) is 31.7 Å². The summed E-state index contributed by atoms with van der Waals surface area (Å²) in [4.78, 5) is 4.46. The Kier molecular flexibility index (Phi) is 3.60. The van der Waals surface area contributed by atoms with E-state index in [9.17, 15) is 4.39 Å². The molecule has 20 heavy (non-hydrogen) atoms. The normalized spacial score (nSPS) is 22.9. The maximum Gasteiger partial charge on any atom is 0.246 e. The van der Waals surface area contributed by atoms with Crippen molar-refractivity contribution in [3.05, 3.63) is 34.4 Å². The Balaban J connectivity index is 1.91. The van der Waals surface area contributed by atoms with E-state index >= 15 is 0 Å². The first kappa shape index (κ1) is 13.7. The van der Waals surface area contributed by atoms with Gasteiger partial charge in [0.25, 0.3) is 0 Å². The summed E-state index contributed by atoms with van der Waals surface area (Å²) in [6.45, 7) is 3.03. The number of nitrogens with zero attached hydrogens (tertiary/aromatic N) is 2. The van der Waals surface area contributed by atoms with E-state index in [0.29, 0.717) is 16.2 Å². The Morgan fingerprint density at radius 3 is 2.95 bits per heavy atom. The van der Waals surface area contributed by atoms with E-state index in [1.807, 2.05) is 0 Å². The molecule has 0 amide bonds. The smallest absolute Gasteiger partial charge is 0.246 e. The number of piperidine rings is 1. The minimum atomic E-state index is -0.307. The van der Waals surface area contributed by atoms with Gasteiger partial charge in [0, 0.05) is 5.56 Å². The summed E-state index contributed by atoms with van der Waals surface area (Å²) >= 11 is 3.16. The second-order valence-corrected chi connectivity index (χ2v) is 6.12. The molecule has 4 nitrogen and oxygen atoms in total. The molecule has 1 N–H and O–H groups in total. The second kappa shape index (κ2) is 5.26. The molecule has 0 bridgehead atoms. The predicted octanol–water partition coefficient (Wildman–Crippen LogP) is 3.63. The number of aromatic nitrogens is 2. The molecule has 1 fully saturated rings. The van der Waals surface area contributed by atoms with Gasteiger partial charge in [-0.2, -0.15) is 4.98 Å². The van der Waals surface area contributed by atoms with Crippen molar-refractivity contribution in [2.75, 3.05) is 6.54 Å². The number of hydrogen-bond donors (Lipinski definition) is 1. The van der Waals surface area contributed by atoms with Gasteiger partial charge >= 0.3 is 0 Å². The number of benzene rings is 1. The third-order valence-corrected chi connectivity index (χ3v) is 4.30. The van der Waals surface area contributed by atoms with Crippen LogP contribution in [0.2, 0.25) is 0 Å². The summed E-state index contributed by atoms with van der Waals surface area (Å²) < 4.78 is 19.0. The molecule has 1 saturated heterocycles. The van der Waals surface area contributed by atoms with Crippen LogP contribution in [-0.2, 0) is 5.54 Å². The van der Waals surface area contributed by atoms with Gasteiger partial charge in [-0.25, -0.2) is 4.39 Å². The fourth-order valence-electron chi connectivity index (χ4n) is 2.44. The standard InChI is InChI=1S/C14H15BrFN3O/c1-14(6-2-3-7-17-14)13-18-12(19-20-13)9-4-5-11(16)10(15)8-9/h4-5,8,17H,2-3,6-7H2,1H3. The lowest BCUT2D eigenvalue weighted by molar-refractivity contribution is 0.207. The zero-order valence-electron chi connectivity index (χ0n) is 11.1. The molecule has 0 spiro atoms. The second-order valence-electron chi connectivity index (χ2n) is 5.27. The van der Waals surface area contributed by atoms with Crippen molar-refractivity contribution in [3.63, 3.8) is 0 Å². The minimum absolute atomic E-state index is 0.263. The lowest BCUT2D eigenvalue weighted by Crippen LogP contribution is -2.43. The Labute approximate surface area is 124 Å². The first-order chi connectivity index (χ1) is 9.58. The molecule has 2 aromatic rings. The third kappa shape index (κ3) is 2.50. The van der Waals surface area contributed by atoms with Crippen LogP contribution < -0.4 is 5.32 Å². The first-order valence-corrected chi connectivity index (χ1v) is 7.42. The Hall–Kier alpha value is -1.27. The van der Waals surface area contributed by atoms with Crippen molar-refractivity contribution >= 4 is 15.9 Å². The van der Waals surface area contributed by atoms with Crippen LogP contribution in [0.3, 0.4) is 0 Å². The van der Waals surface area contributed by atoms with Crippen LogP contribution in [-0.4, -0.2) is 16.7 Å². The molecule has 3 rings (SSSR count). The highest BCUT2D eigenvalue weighted by atomic mass is 79.9. The van der Waals surface area contributed by atoms with Gasteiger partial charge in [0.05, 0.1) is 10.0 Å². The van der Waals surface area contributed by atoms with Crippen LogP contribution in [0.15, 0.2) is 27.2 Å². The topological polar surface area (TPSA) is 51.0 Å². The fraction of sp³-hybridized carbons (Fsp3) is 0.429. The van der Waals surface area contributed by atoms with Gasteiger partial charge < -0.3 is 9.84 Å². The molecular formula is C14H15BrFN3O. The van der Waals surface area contributed by atoms with E-state index < -0.39 is 0 Å². The van der Waals surface area contributed by atoms with Gasteiger partial charge in [-0.1, -0.05) is 5.16 Å². The molecule has 0 saturated carbocycles. The van der Waals surface area contributed by atoms with E-state index in [1.165, 1.54) is 12.5 Å². The van der Waals surface area contributed by atoms with Crippen molar-refractivity contribution in [3.8, 4) is 11.4 Å². The van der Waals surface area contributed by atoms with Crippen molar-refractivity contribution in [1.82, 2.24) is 15.5 Å².